The maximum Gasteiger partial charge on any atom is 0.268 e. The van der Waals surface area contributed by atoms with Gasteiger partial charge in [-0.3, -0.25) is 14.0 Å². The highest BCUT2D eigenvalue weighted by molar-refractivity contribution is 7.15. The van der Waals surface area contributed by atoms with E-state index in [0.717, 1.165) is 24.6 Å². The van der Waals surface area contributed by atoms with E-state index in [1.54, 1.807) is 25.3 Å². The summed E-state index contributed by atoms with van der Waals surface area (Å²) in [5.41, 5.74) is 1.65. The molecule has 1 aromatic carbocycles. The van der Waals surface area contributed by atoms with Gasteiger partial charge in [0.25, 0.3) is 5.56 Å². The van der Waals surface area contributed by atoms with Crippen LogP contribution in [0.4, 0.5) is 8.78 Å². The lowest BCUT2D eigenvalue weighted by Crippen LogP contribution is -2.28. The van der Waals surface area contributed by atoms with Crippen LogP contribution >= 0.6 is 11.3 Å². The van der Waals surface area contributed by atoms with Crippen molar-refractivity contribution >= 4 is 22.2 Å². The average Bonchev–Trinajstić information content (AvgIpc) is 3.33. The van der Waals surface area contributed by atoms with Gasteiger partial charge in [-0.25, -0.2) is 18.4 Å². The highest BCUT2D eigenvalue weighted by atomic mass is 32.1. The minimum Gasteiger partial charge on any atom is -0.356 e. The van der Waals surface area contributed by atoms with Crippen LogP contribution in [0.2, 0.25) is 0 Å². The molecule has 7 nitrogen and oxygen atoms in total. The van der Waals surface area contributed by atoms with Crippen molar-refractivity contribution in [2.24, 2.45) is 5.92 Å². The second-order valence-corrected chi connectivity index (χ2v) is 9.45. The molecule has 0 saturated heterocycles. The Hall–Kier alpha value is -3.40. The van der Waals surface area contributed by atoms with Crippen LogP contribution in [0.3, 0.4) is 0 Å². The molecule has 4 aromatic rings. The predicted molar refractivity (Wildman–Crippen MR) is 127 cm³/mol. The fraction of sp³-hybridized carbons (Fsp3) is 0.333. The third kappa shape index (κ3) is 4.63. The van der Waals surface area contributed by atoms with E-state index in [1.165, 1.54) is 20.4 Å². The Kier molecular flexibility index (Phi) is 6.60. The van der Waals surface area contributed by atoms with E-state index in [-0.39, 0.29) is 29.1 Å². The molecule has 0 atom stereocenters. The first-order valence-electron chi connectivity index (χ1n) is 10.9. The van der Waals surface area contributed by atoms with Crippen LogP contribution in [0.5, 0.6) is 0 Å². The zero-order valence-electron chi connectivity index (χ0n) is 19.4. The Labute approximate surface area is 199 Å². The van der Waals surface area contributed by atoms with E-state index < -0.39 is 11.6 Å². The molecule has 0 unspecified atom stereocenters. The molecule has 4 rings (SSSR count). The minimum absolute atomic E-state index is 0.0458. The van der Waals surface area contributed by atoms with Gasteiger partial charge in [0.05, 0.1) is 17.7 Å². The lowest BCUT2D eigenvalue weighted by Gasteiger charge is -2.08. The van der Waals surface area contributed by atoms with E-state index in [1.807, 2.05) is 0 Å². The number of fused-ring (bicyclic) bond motifs is 1. The summed E-state index contributed by atoms with van der Waals surface area (Å²) in [7, 11) is 0. The molecule has 34 heavy (non-hydrogen) atoms. The summed E-state index contributed by atoms with van der Waals surface area (Å²) in [6.07, 6.45) is 0.916. The van der Waals surface area contributed by atoms with Crippen LogP contribution < -0.4 is 10.9 Å². The Morgan fingerprint density at radius 1 is 1.21 bits per heavy atom. The zero-order valence-corrected chi connectivity index (χ0v) is 20.2. The van der Waals surface area contributed by atoms with Gasteiger partial charge in [-0.2, -0.15) is 5.10 Å². The van der Waals surface area contributed by atoms with E-state index in [0.29, 0.717) is 40.2 Å². The van der Waals surface area contributed by atoms with Gasteiger partial charge >= 0.3 is 0 Å². The van der Waals surface area contributed by atoms with Crippen LogP contribution in [0.25, 0.3) is 21.9 Å². The van der Waals surface area contributed by atoms with Crippen LogP contribution in [0.1, 0.15) is 37.4 Å². The molecule has 0 aliphatic rings. The maximum absolute atomic E-state index is 14.3. The van der Waals surface area contributed by atoms with E-state index in [9.17, 15) is 18.4 Å². The van der Waals surface area contributed by atoms with Crippen molar-refractivity contribution < 1.29 is 13.6 Å². The number of benzene rings is 1. The number of thiazole rings is 1. The molecular weight excluding hydrogens is 460 g/mol. The molecule has 0 fully saturated rings. The topological polar surface area (TPSA) is 81.3 Å². The third-order valence-corrected chi connectivity index (χ3v) is 6.36. The molecule has 0 saturated carbocycles. The monoisotopic (exact) mass is 485 g/mol. The van der Waals surface area contributed by atoms with Crippen molar-refractivity contribution in [1.82, 2.24) is 24.5 Å². The van der Waals surface area contributed by atoms with Gasteiger partial charge in [0.1, 0.15) is 23.0 Å². The quantitative estimate of drug-likeness (QED) is 0.425. The van der Waals surface area contributed by atoms with Crippen LogP contribution in [-0.4, -0.2) is 31.6 Å². The normalized spacial score (nSPS) is 11.5. The minimum atomic E-state index is -0.634. The summed E-state index contributed by atoms with van der Waals surface area (Å²) in [6, 6.07) is 4.75. The maximum atomic E-state index is 14.3. The van der Waals surface area contributed by atoms with Gasteiger partial charge in [-0.1, -0.05) is 13.8 Å². The second kappa shape index (κ2) is 9.46. The Bertz CT molecular complexity index is 1440. The molecule has 178 valence electrons. The van der Waals surface area contributed by atoms with E-state index in [2.05, 4.69) is 29.2 Å². The van der Waals surface area contributed by atoms with Gasteiger partial charge < -0.3 is 5.32 Å². The highest BCUT2D eigenvalue weighted by Gasteiger charge is 2.21. The largest absolute Gasteiger partial charge is 0.356 e. The first-order chi connectivity index (χ1) is 16.2. The molecule has 1 amide bonds. The Morgan fingerprint density at radius 3 is 2.71 bits per heavy atom. The standard InChI is InChI=1S/C24H25F2N5O2S/c1-13(2)7-8-27-21(32)11-17-12-34-24-28-15(4)22(23(33)30(17)24)19-9-14(3)31(29-19)20-10-16(25)5-6-18(20)26/h5-6,9-10,12-13H,7-8,11H2,1-4H3,(H,27,32). The number of aromatic nitrogens is 4. The number of amides is 1. The number of rotatable bonds is 7. The van der Waals surface area contributed by atoms with Gasteiger partial charge in [-0.15, -0.1) is 11.3 Å². The number of carbonyl (C=O) groups excluding carboxylic acids is 1. The fourth-order valence-electron chi connectivity index (χ4n) is 3.74. The SMILES string of the molecule is Cc1nc2scc(CC(=O)NCCC(C)C)n2c(=O)c1-c1cc(C)n(-c2cc(F)ccc2F)n1. The van der Waals surface area contributed by atoms with Gasteiger partial charge in [-0.05, 0) is 44.4 Å². The Balaban J connectivity index is 1.73. The van der Waals surface area contributed by atoms with Crippen molar-refractivity contribution in [1.29, 1.82) is 0 Å². The smallest absolute Gasteiger partial charge is 0.268 e. The number of hydrogen-bond donors (Lipinski definition) is 1. The van der Waals surface area contributed by atoms with Crippen molar-refractivity contribution in [3.63, 3.8) is 0 Å². The molecule has 0 radical (unpaired) electrons. The number of nitrogens with zero attached hydrogens (tertiary/aromatic N) is 4. The zero-order chi connectivity index (χ0) is 24.6. The molecule has 0 bridgehead atoms. The molecule has 0 aliphatic carbocycles. The van der Waals surface area contributed by atoms with Crippen molar-refractivity contribution in [3.05, 3.63) is 68.7 Å². The summed E-state index contributed by atoms with van der Waals surface area (Å²) < 4.78 is 30.7. The average molecular weight is 486 g/mol. The summed E-state index contributed by atoms with van der Waals surface area (Å²) in [5, 5.41) is 9.03. The molecule has 0 aliphatic heterocycles. The summed E-state index contributed by atoms with van der Waals surface area (Å²) >= 11 is 1.28. The first kappa shape index (κ1) is 23.7. The van der Waals surface area contributed by atoms with E-state index >= 15 is 0 Å². The second-order valence-electron chi connectivity index (χ2n) is 8.61. The molecule has 0 spiro atoms. The lowest BCUT2D eigenvalue weighted by atomic mass is 10.1. The van der Waals surface area contributed by atoms with Crippen molar-refractivity contribution in [2.45, 2.75) is 40.5 Å². The van der Waals surface area contributed by atoms with Gasteiger partial charge in [0.15, 0.2) is 4.96 Å². The number of carbonyl (C=O) groups is 1. The molecule has 10 heteroatoms. The summed E-state index contributed by atoms with van der Waals surface area (Å²) in [6.45, 7) is 8.13. The van der Waals surface area contributed by atoms with E-state index in [4.69, 9.17) is 0 Å². The predicted octanol–water partition coefficient (Wildman–Crippen LogP) is 4.21. The first-order valence-corrected chi connectivity index (χ1v) is 11.8. The van der Waals surface area contributed by atoms with Gasteiger partial charge in [0.2, 0.25) is 5.91 Å². The highest BCUT2D eigenvalue weighted by Crippen LogP contribution is 2.24. The molecule has 1 N–H and O–H groups in total. The molecule has 3 aromatic heterocycles. The summed E-state index contributed by atoms with van der Waals surface area (Å²) in [5.74, 6) is -0.925. The molecular formula is C24H25F2N5O2S. The van der Waals surface area contributed by atoms with Crippen molar-refractivity contribution in [3.8, 4) is 16.9 Å². The lowest BCUT2D eigenvalue weighted by molar-refractivity contribution is -0.120. The molecule has 3 heterocycles. The van der Waals surface area contributed by atoms with Crippen LogP contribution in [-0.2, 0) is 11.2 Å². The number of aryl methyl sites for hydroxylation is 2. The third-order valence-electron chi connectivity index (χ3n) is 5.49. The van der Waals surface area contributed by atoms with Crippen molar-refractivity contribution in [2.75, 3.05) is 6.54 Å². The summed E-state index contributed by atoms with van der Waals surface area (Å²) in [4.78, 5) is 30.9. The Morgan fingerprint density at radius 2 is 1.97 bits per heavy atom. The van der Waals surface area contributed by atoms with Crippen LogP contribution in [0, 0.1) is 31.4 Å². The number of hydrogen-bond acceptors (Lipinski definition) is 5. The number of halogens is 2. The van der Waals surface area contributed by atoms with Gasteiger partial charge in [0, 0.05) is 29.4 Å². The fourth-order valence-corrected chi connectivity index (χ4v) is 4.67. The number of nitrogens with one attached hydrogen (secondary N) is 1. The van der Waals surface area contributed by atoms with Crippen LogP contribution in [0.15, 0.2) is 34.4 Å².